The molecule has 0 saturated heterocycles. The fraction of sp³-hybridized carbons (Fsp3) is 0.706. The maximum absolute atomic E-state index is 13.8. The molecule has 0 spiro atoms. The maximum Gasteiger partial charge on any atom is 0.420 e. The van der Waals surface area contributed by atoms with Crippen LogP contribution >= 0.6 is 0 Å². The summed E-state index contributed by atoms with van der Waals surface area (Å²) in [5, 5.41) is 13.2. The Morgan fingerprint density at radius 3 is 2.33 bits per heavy atom. The number of halogens is 5. The molecule has 2 saturated carbocycles. The third-order valence-corrected chi connectivity index (χ3v) is 5.02. The topological polar surface area (TPSA) is 67.9 Å². The molecule has 0 amide bonds. The molecule has 0 radical (unpaired) electrons. The number of esters is 1. The molecule has 0 aliphatic heterocycles. The predicted molar refractivity (Wildman–Crippen MR) is 82.0 cm³/mol. The first-order valence-corrected chi connectivity index (χ1v) is 8.51. The molecule has 0 atom stereocenters. The lowest BCUT2D eigenvalue weighted by molar-refractivity contribution is -0.160. The minimum Gasteiger partial charge on any atom is -0.461 e. The number of nitriles is 1. The van der Waals surface area contributed by atoms with Crippen LogP contribution in [0.5, 0.6) is 0 Å². The molecule has 10 heteroatoms. The number of nitrogens with zero attached hydrogens (tertiary/aromatic N) is 3. The van der Waals surface area contributed by atoms with Gasteiger partial charge in [0.15, 0.2) is 5.69 Å². The van der Waals surface area contributed by atoms with Crippen molar-refractivity contribution in [2.24, 2.45) is 5.41 Å². The van der Waals surface area contributed by atoms with Gasteiger partial charge in [0, 0.05) is 19.4 Å². The normalized spacial score (nSPS) is 21.9. The second-order valence-corrected chi connectivity index (χ2v) is 7.66. The van der Waals surface area contributed by atoms with Crippen LogP contribution in [0.25, 0.3) is 0 Å². The first-order chi connectivity index (χ1) is 12.4. The van der Waals surface area contributed by atoms with E-state index in [2.05, 4.69) is 5.10 Å². The molecule has 0 N–H and O–H groups in total. The molecule has 148 valence electrons. The molecule has 27 heavy (non-hydrogen) atoms. The molecule has 2 aliphatic rings. The van der Waals surface area contributed by atoms with Crippen LogP contribution in [0.4, 0.5) is 22.0 Å². The van der Waals surface area contributed by atoms with Crippen LogP contribution < -0.4 is 0 Å². The SMILES string of the molecule is CCOC(=O)c1c(C(F)(F)F)c(C2(C#N)CC2)nn1CC1(C)CC(F)(F)C1. The number of carbonyl (C=O) groups excluding carboxylic acids is 1. The van der Waals surface area contributed by atoms with Crippen LogP contribution in [0.2, 0.25) is 0 Å². The zero-order valence-electron chi connectivity index (χ0n) is 14.8. The second-order valence-electron chi connectivity index (χ2n) is 7.66. The van der Waals surface area contributed by atoms with E-state index in [1.54, 1.807) is 0 Å². The molecule has 0 aromatic carbocycles. The minimum atomic E-state index is -4.94. The highest BCUT2D eigenvalue weighted by Gasteiger charge is 2.57. The lowest BCUT2D eigenvalue weighted by Gasteiger charge is -2.44. The average molecular weight is 391 g/mol. The van der Waals surface area contributed by atoms with E-state index in [4.69, 9.17) is 4.74 Å². The van der Waals surface area contributed by atoms with Gasteiger partial charge in [-0.2, -0.15) is 23.5 Å². The molecule has 3 rings (SSSR count). The van der Waals surface area contributed by atoms with Crippen molar-refractivity contribution >= 4 is 5.97 Å². The quantitative estimate of drug-likeness (QED) is 0.561. The summed E-state index contributed by atoms with van der Waals surface area (Å²) in [6.45, 7) is 2.50. The summed E-state index contributed by atoms with van der Waals surface area (Å²) in [5.41, 5.74) is -5.04. The average Bonchev–Trinajstić information content (AvgIpc) is 3.19. The van der Waals surface area contributed by atoms with Crippen molar-refractivity contribution < 1.29 is 31.5 Å². The largest absolute Gasteiger partial charge is 0.461 e. The Kier molecular flexibility index (Phi) is 4.28. The first kappa shape index (κ1) is 19.6. The number of hydrogen-bond acceptors (Lipinski definition) is 4. The molecular formula is C17H18F5N3O2. The van der Waals surface area contributed by atoms with E-state index < -0.39 is 58.7 Å². The summed E-state index contributed by atoms with van der Waals surface area (Å²) < 4.78 is 73.5. The van der Waals surface area contributed by atoms with Crippen molar-refractivity contribution in [3.05, 3.63) is 17.0 Å². The minimum absolute atomic E-state index is 0.157. The Labute approximate surface area is 152 Å². The Bertz CT molecular complexity index is 810. The van der Waals surface area contributed by atoms with Gasteiger partial charge < -0.3 is 4.74 Å². The Morgan fingerprint density at radius 1 is 1.33 bits per heavy atom. The first-order valence-electron chi connectivity index (χ1n) is 8.51. The lowest BCUT2D eigenvalue weighted by Crippen LogP contribution is -2.47. The van der Waals surface area contributed by atoms with Gasteiger partial charge in [-0.05, 0) is 25.2 Å². The number of aromatic nitrogens is 2. The summed E-state index contributed by atoms with van der Waals surface area (Å²) in [7, 11) is 0. The summed E-state index contributed by atoms with van der Waals surface area (Å²) in [4.78, 5) is 12.3. The zero-order valence-corrected chi connectivity index (χ0v) is 14.8. The van der Waals surface area contributed by atoms with Crippen molar-refractivity contribution in [3.8, 4) is 6.07 Å². The van der Waals surface area contributed by atoms with E-state index in [0.717, 1.165) is 4.68 Å². The van der Waals surface area contributed by atoms with E-state index in [-0.39, 0.29) is 26.0 Å². The number of rotatable bonds is 5. The van der Waals surface area contributed by atoms with Gasteiger partial charge >= 0.3 is 12.1 Å². The third kappa shape index (κ3) is 3.39. The van der Waals surface area contributed by atoms with Crippen molar-refractivity contribution in [3.63, 3.8) is 0 Å². The highest BCUT2D eigenvalue weighted by molar-refractivity contribution is 5.90. The van der Waals surface area contributed by atoms with Crippen LogP contribution in [0.1, 0.15) is 61.3 Å². The van der Waals surface area contributed by atoms with Gasteiger partial charge in [0.05, 0.1) is 18.4 Å². The predicted octanol–water partition coefficient (Wildman–Crippen LogP) is 4.07. The number of alkyl halides is 5. The van der Waals surface area contributed by atoms with Gasteiger partial charge in [-0.1, -0.05) is 6.92 Å². The van der Waals surface area contributed by atoms with Crippen LogP contribution in [-0.4, -0.2) is 28.3 Å². The molecule has 0 bridgehead atoms. The molecule has 1 aromatic heterocycles. The van der Waals surface area contributed by atoms with Gasteiger partial charge in [-0.3, -0.25) is 4.68 Å². The highest BCUT2D eigenvalue weighted by Crippen LogP contribution is 2.54. The molecule has 1 heterocycles. The van der Waals surface area contributed by atoms with Crippen molar-refractivity contribution in [1.82, 2.24) is 9.78 Å². The summed E-state index contributed by atoms with van der Waals surface area (Å²) in [5.74, 6) is -4.11. The van der Waals surface area contributed by atoms with Crippen molar-refractivity contribution in [1.29, 1.82) is 5.26 Å². The van der Waals surface area contributed by atoms with Crippen LogP contribution in [0, 0.1) is 16.7 Å². The Morgan fingerprint density at radius 2 is 1.93 bits per heavy atom. The van der Waals surface area contributed by atoms with Gasteiger partial charge in [0.25, 0.3) is 0 Å². The van der Waals surface area contributed by atoms with E-state index in [9.17, 15) is 32.0 Å². The number of carbonyl (C=O) groups is 1. The smallest absolute Gasteiger partial charge is 0.420 e. The standard InChI is InChI=1S/C17H18F5N3O2/c1-3-27-13(26)11-10(17(20,21)22)12(15(8-23)4-5-15)24-25(11)9-14(2)6-16(18,19)7-14/h3-7,9H2,1-2H3. The zero-order chi connectivity index (χ0) is 20.3. The molecule has 1 aromatic rings. The van der Waals surface area contributed by atoms with Gasteiger partial charge in [0.1, 0.15) is 11.0 Å². The van der Waals surface area contributed by atoms with E-state index >= 15 is 0 Å². The van der Waals surface area contributed by atoms with Crippen molar-refractivity contribution in [2.75, 3.05) is 6.61 Å². The van der Waals surface area contributed by atoms with Crippen LogP contribution in [-0.2, 0) is 22.9 Å². The molecule has 2 fully saturated rings. The van der Waals surface area contributed by atoms with Crippen LogP contribution in [0.3, 0.4) is 0 Å². The fourth-order valence-electron chi connectivity index (χ4n) is 3.78. The lowest BCUT2D eigenvalue weighted by atomic mass is 9.67. The van der Waals surface area contributed by atoms with Gasteiger partial charge in [0.2, 0.25) is 5.92 Å². The van der Waals surface area contributed by atoms with Crippen molar-refractivity contribution in [2.45, 2.75) is 63.6 Å². The number of ether oxygens (including phenoxy) is 1. The van der Waals surface area contributed by atoms with Crippen LogP contribution in [0.15, 0.2) is 0 Å². The molecule has 5 nitrogen and oxygen atoms in total. The van der Waals surface area contributed by atoms with E-state index in [1.807, 2.05) is 6.07 Å². The van der Waals surface area contributed by atoms with Gasteiger partial charge in [-0.25, -0.2) is 13.6 Å². The maximum atomic E-state index is 13.8. The van der Waals surface area contributed by atoms with E-state index in [1.165, 1.54) is 13.8 Å². The highest BCUT2D eigenvalue weighted by atomic mass is 19.4. The number of hydrogen-bond donors (Lipinski definition) is 0. The van der Waals surface area contributed by atoms with Gasteiger partial charge in [-0.15, -0.1) is 0 Å². The van der Waals surface area contributed by atoms with E-state index in [0.29, 0.717) is 0 Å². The second kappa shape index (κ2) is 5.91. The Balaban J connectivity index is 2.12. The summed E-state index contributed by atoms with van der Waals surface area (Å²) in [6, 6.07) is 1.85. The molecule has 0 unspecified atom stereocenters. The monoisotopic (exact) mass is 391 g/mol. The molecule has 2 aliphatic carbocycles. The summed E-state index contributed by atoms with van der Waals surface area (Å²) >= 11 is 0. The fourth-order valence-corrected chi connectivity index (χ4v) is 3.78. The summed E-state index contributed by atoms with van der Waals surface area (Å²) in [6.07, 6.45) is -5.57. The Hall–Kier alpha value is -2.18. The molecular weight excluding hydrogens is 373 g/mol. The third-order valence-electron chi connectivity index (χ3n) is 5.02.